The average Bonchev–Trinajstić information content (AvgIpc) is 3.17. The number of amides is 1. The first kappa shape index (κ1) is 16.7. The van der Waals surface area contributed by atoms with Crippen LogP contribution < -0.4 is 10.0 Å². The molecule has 0 atom stereocenters. The molecular weight excluding hydrogens is 328 g/mol. The molecule has 1 amide bonds. The molecule has 1 aromatic heterocycles. The van der Waals surface area contributed by atoms with Crippen LogP contribution in [0.5, 0.6) is 0 Å². The molecule has 2 aromatic rings. The lowest BCUT2D eigenvalue weighted by Crippen LogP contribution is -2.25. The first-order valence-corrected chi connectivity index (χ1v) is 9.37. The highest BCUT2D eigenvalue weighted by Crippen LogP contribution is 2.23. The molecule has 0 unspecified atom stereocenters. The van der Waals surface area contributed by atoms with Crippen LogP contribution in [0.4, 0.5) is 5.69 Å². The average molecular weight is 348 g/mol. The summed E-state index contributed by atoms with van der Waals surface area (Å²) in [6.07, 6.45) is 1.67. The molecule has 0 radical (unpaired) electrons. The van der Waals surface area contributed by atoms with E-state index in [2.05, 4.69) is 23.9 Å². The minimum absolute atomic E-state index is 0.0168. The molecule has 7 heteroatoms. The molecule has 1 heterocycles. The number of hydrogen-bond donors (Lipinski definition) is 2. The Kier molecular flexibility index (Phi) is 4.47. The van der Waals surface area contributed by atoms with E-state index >= 15 is 0 Å². The Balaban J connectivity index is 1.69. The minimum atomic E-state index is -3.69. The SMILES string of the molecule is CC(C)c1ccc(NC(=O)c2ccc(S(=O)(=O)NC3CC3)o2)cc1. The van der Waals surface area contributed by atoms with Crippen LogP contribution in [-0.4, -0.2) is 20.4 Å². The van der Waals surface area contributed by atoms with Gasteiger partial charge in [0.15, 0.2) is 5.76 Å². The number of sulfonamides is 1. The summed E-state index contributed by atoms with van der Waals surface area (Å²) in [5.74, 6) is -0.120. The molecule has 1 saturated carbocycles. The van der Waals surface area contributed by atoms with E-state index in [-0.39, 0.29) is 16.9 Å². The number of hydrogen-bond acceptors (Lipinski definition) is 4. The van der Waals surface area contributed by atoms with Crippen molar-refractivity contribution >= 4 is 21.6 Å². The van der Waals surface area contributed by atoms with Gasteiger partial charge >= 0.3 is 0 Å². The molecule has 0 spiro atoms. The van der Waals surface area contributed by atoms with Gasteiger partial charge in [-0.2, -0.15) is 0 Å². The van der Waals surface area contributed by atoms with Gasteiger partial charge in [0.1, 0.15) is 0 Å². The van der Waals surface area contributed by atoms with Crippen LogP contribution in [0.2, 0.25) is 0 Å². The maximum Gasteiger partial charge on any atom is 0.291 e. The summed E-state index contributed by atoms with van der Waals surface area (Å²) in [5.41, 5.74) is 1.80. The van der Waals surface area contributed by atoms with Crippen molar-refractivity contribution in [3.8, 4) is 0 Å². The van der Waals surface area contributed by atoms with E-state index in [4.69, 9.17) is 4.42 Å². The molecule has 1 aliphatic rings. The van der Waals surface area contributed by atoms with Gasteiger partial charge in [-0.25, -0.2) is 13.1 Å². The van der Waals surface area contributed by atoms with E-state index in [1.807, 2.05) is 24.3 Å². The fourth-order valence-corrected chi connectivity index (χ4v) is 3.45. The van der Waals surface area contributed by atoms with Gasteiger partial charge in [0, 0.05) is 11.7 Å². The molecule has 0 bridgehead atoms. The number of anilines is 1. The second kappa shape index (κ2) is 6.41. The van der Waals surface area contributed by atoms with Crippen LogP contribution in [0.15, 0.2) is 45.9 Å². The third-order valence-electron chi connectivity index (χ3n) is 3.80. The largest absolute Gasteiger partial charge is 0.438 e. The number of carbonyl (C=O) groups is 1. The Hall–Kier alpha value is -2.12. The Bertz CT molecular complexity index is 834. The first-order chi connectivity index (χ1) is 11.3. The van der Waals surface area contributed by atoms with E-state index < -0.39 is 15.9 Å². The molecule has 1 fully saturated rings. The van der Waals surface area contributed by atoms with Gasteiger partial charge < -0.3 is 9.73 Å². The van der Waals surface area contributed by atoms with Crippen molar-refractivity contribution in [2.75, 3.05) is 5.32 Å². The van der Waals surface area contributed by atoms with Crippen LogP contribution in [0.25, 0.3) is 0 Å². The monoisotopic (exact) mass is 348 g/mol. The van der Waals surface area contributed by atoms with E-state index in [1.54, 1.807) is 0 Å². The smallest absolute Gasteiger partial charge is 0.291 e. The Morgan fingerprint density at radius 1 is 1.12 bits per heavy atom. The highest BCUT2D eigenvalue weighted by atomic mass is 32.2. The van der Waals surface area contributed by atoms with Crippen molar-refractivity contribution < 1.29 is 17.6 Å². The van der Waals surface area contributed by atoms with Gasteiger partial charge in [0.2, 0.25) is 5.09 Å². The zero-order chi connectivity index (χ0) is 17.3. The first-order valence-electron chi connectivity index (χ1n) is 7.88. The quantitative estimate of drug-likeness (QED) is 0.839. The predicted octanol–water partition coefficient (Wildman–Crippen LogP) is 3.10. The molecule has 3 rings (SSSR count). The zero-order valence-electron chi connectivity index (χ0n) is 13.6. The van der Waals surface area contributed by atoms with Crippen molar-refractivity contribution in [2.45, 2.75) is 43.7 Å². The Morgan fingerprint density at radius 2 is 1.79 bits per heavy atom. The topological polar surface area (TPSA) is 88.4 Å². The fraction of sp³-hybridized carbons (Fsp3) is 0.353. The lowest BCUT2D eigenvalue weighted by Gasteiger charge is -2.07. The number of nitrogens with one attached hydrogen (secondary N) is 2. The molecule has 1 aliphatic carbocycles. The lowest BCUT2D eigenvalue weighted by atomic mass is 10.0. The van der Waals surface area contributed by atoms with Crippen molar-refractivity contribution in [1.29, 1.82) is 0 Å². The summed E-state index contributed by atoms with van der Waals surface area (Å²) >= 11 is 0. The molecule has 2 N–H and O–H groups in total. The maximum absolute atomic E-state index is 12.2. The number of furan rings is 1. The van der Waals surface area contributed by atoms with E-state index in [1.165, 1.54) is 17.7 Å². The second-order valence-corrected chi connectivity index (χ2v) is 7.89. The van der Waals surface area contributed by atoms with Crippen LogP contribution in [0.3, 0.4) is 0 Å². The second-order valence-electron chi connectivity index (χ2n) is 6.25. The molecular formula is C17H20N2O4S. The maximum atomic E-state index is 12.2. The lowest BCUT2D eigenvalue weighted by molar-refractivity contribution is 0.0991. The van der Waals surface area contributed by atoms with E-state index in [9.17, 15) is 13.2 Å². The van der Waals surface area contributed by atoms with Crippen LogP contribution in [-0.2, 0) is 10.0 Å². The minimum Gasteiger partial charge on any atom is -0.438 e. The van der Waals surface area contributed by atoms with Crippen LogP contribution >= 0.6 is 0 Å². The molecule has 0 saturated heterocycles. The van der Waals surface area contributed by atoms with Crippen molar-refractivity contribution in [2.24, 2.45) is 0 Å². The highest BCUT2D eigenvalue weighted by Gasteiger charge is 2.30. The Labute approximate surface area is 141 Å². The highest BCUT2D eigenvalue weighted by molar-refractivity contribution is 7.89. The molecule has 24 heavy (non-hydrogen) atoms. The third-order valence-corrected chi connectivity index (χ3v) is 5.20. The van der Waals surface area contributed by atoms with Gasteiger partial charge in [-0.1, -0.05) is 26.0 Å². The zero-order valence-corrected chi connectivity index (χ0v) is 14.4. The summed E-state index contributed by atoms with van der Waals surface area (Å²) in [5, 5.41) is 2.45. The summed E-state index contributed by atoms with van der Waals surface area (Å²) in [4.78, 5) is 12.2. The molecule has 128 valence electrons. The summed E-state index contributed by atoms with van der Waals surface area (Å²) in [6, 6.07) is 10.1. The van der Waals surface area contributed by atoms with Crippen LogP contribution in [0.1, 0.15) is 48.7 Å². The van der Waals surface area contributed by atoms with Crippen molar-refractivity contribution in [1.82, 2.24) is 4.72 Å². The number of carbonyl (C=O) groups excluding carboxylic acids is 1. The van der Waals surface area contributed by atoms with Gasteiger partial charge in [-0.15, -0.1) is 0 Å². The molecule has 6 nitrogen and oxygen atoms in total. The molecule has 1 aromatic carbocycles. The van der Waals surface area contributed by atoms with Gasteiger partial charge in [-0.3, -0.25) is 4.79 Å². The predicted molar refractivity (Wildman–Crippen MR) is 90.5 cm³/mol. The van der Waals surface area contributed by atoms with Crippen molar-refractivity contribution in [3.05, 3.63) is 47.7 Å². The summed E-state index contributed by atoms with van der Waals surface area (Å²) in [6.45, 7) is 4.18. The Morgan fingerprint density at radius 3 is 2.38 bits per heavy atom. The van der Waals surface area contributed by atoms with Gasteiger partial charge in [0.05, 0.1) is 0 Å². The molecule has 0 aliphatic heterocycles. The van der Waals surface area contributed by atoms with Gasteiger partial charge in [-0.05, 0) is 48.6 Å². The fourth-order valence-electron chi connectivity index (χ4n) is 2.21. The normalized spacial score (nSPS) is 14.8. The van der Waals surface area contributed by atoms with Crippen molar-refractivity contribution in [3.63, 3.8) is 0 Å². The number of benzene rings is 1. The van der Waals surface area contributed by atoms with E-state index in [0.717, 1.165) is 12.8 Å². The summed E-state index contributed by atoms with van der Waals surface area (Å²) in [7, 11) is -3.69. The third kappa shape index (κ3) is 3.85. The van der Waals surface area contributed by atoms with Gasteiger partial charge in [0.25, 0.3) is 15.9 Å². The standard InChI is InChI=1S/C17H20N2O4S/c1-11(2)12-3-5-13(6-4-12)18-17(20)15-9-10-16(23-15)24(21,22)19-14-7-8-14/h3-6,9-11,14,19H,7-8H2,1-2H3,(H,18,20). The number of rotatable bonds is 6. The van der Waals surface area contributed by atoms with E-state index in [0.29, 0.717) is 11.6 Å². The summed E-state index contributed by atoms with van der Waals surface area (Å²) < 4.78 is 31.8. The van der Waals surface area contributed by atoms with Crippen LogP contribution in [0, 0.1) is 0 Å².